The molecule has 0 atom stereocenters. The Morgan fingerprint density at radius 1 is 1.35 bits per heavy atom. The minimum absolute atomic E-state index is 0.143. The lowest BCUT2D eigenvalue weighted by Gasteiger charge is -2.30. The number of benzene rings is 1. The van der Waals surface area contributed by atoms with E-state index in [1.807, 2.05) is 6.92 Å². The molecule has 0 saturated carbocycles. The van der Waals surface area contributed by atoms with E-state index in [1.54, 1.807) is 6.92 Å². The van der Waals surface area contributed by atoms with Crippen LogP contribution in [0.25, 0.3) is 0 Å². The predicted molar refractivity (Wildman–Crippen MR) is 81.3 cm³/mol. The molecule has 0 radical (unpaired) electrons. The number of halogens is 2. The van der Waals surface area contributed by atoms with Crippen molar-refractivity contribution >= 4 is 11.6 Å². The second kappa shape index (κ2) is 6.10. The molecule has 0 aliphatic carbocycles. The number of hydrogen-bond donors (Lipinski definition) is 0. The molecule has 0 fully saturated rings. The molecule has 1 aromatic carbocycles. The van der Waals surface area contributed by atoms with Crippen LogP contribution in [0.1, 0.15) is 35.4 Å². The topological polar surface area (TPSA) is 46.3 Å². The highest BCUT2D eigenvalue weighted by Crippen LogP contribution is 2.31. The monoisotopic (exact) mass is 320 g/mol. The Balaban J connectivity index is 1.79. The van der Waals surface area contributed by atoms with Gasteiger partial charge >= 0.3 is 0 Å². The van der Waals surface area contributed by atoms with Crippen LogP contribution in [-0.4, -0.2) is 17.6 Å². The molecule has 6 heteroatoms. The van der Waals surface area contributed by atoms with Crippen LogP contribution in [0.3, 0.4) is 0 Å². The fourth-order valence-corrected chi connectivity index (χ4v) is 3.10. The third kappa shape index (κ3) is 2.98. The van der Waals surface area contributed by atoms with Crippen molar-refractivity contribution < 1.29 is 18.1 Å². The van der Waals surface area contributed by atoms with Crippen molar-refractivity contribution in [2.75, 3.05) is 11.4 Å². The van der Waals surface area contributed by atoms with Crippen LogP contribution in [0.2, 0.25) is 0 Å². The number of rotatable bonds is 3. The first-order chi connectivity index (χ1) is 11.0. The highest BCUT2D eigenvalue weighted by Gasteiger charge is 2.26. The SMILES string of the molecule is Cc1noc(C)c1CCC(=O)N1CCCc2c(F)cc(F)cc21. The lowest BCUT2D eigenvalue weighted by atomic mass is 9.99. The van der Waals surface area contributed by atoms with Gasteiger partial charge in [0.2, 0.25) is 5.91 Å². The average Bonchev–Trinajstić information content (AvgIpc) is 2.83. The van der Waals surface area contributed by atoms with Crippen LogP contribution in [0.4, 0.5) is 14.5 Å². The lowest BCUT2D eigenvalue weighted by molar-refractivity contribution is -0.118. The second-order valence-electron chi connectivity index (χ2n) is 5.84. The minimum atomic E-state index is -0.660. The Kier molecular flexibility index (Phi) is 4.15. The summed E-state index contributed by atoms with van der Waals surface area (Å²) >= 11 is 0. The van der Waals surface area contributed by atoms with Crippen LogP contribution < -0.4 is 4.90 Å². The molecule has 2 heterocycles. The molecule has 0 unspecified atom stereocenters. The zero-order valence-electron chi connectivity index (χ0n) is 13.2. The molecule has 0 N–H and O–H groups in total. The van der Waals surface area contributed by atoms with Crippen molar-refractivity contribution in [3.8, 4) is 0 Å². The average molecular weight is 320 g/mol. The Morgan fingerprint density at radius 2 is 2.13 bits per heavy atom. The molecule has 2 aromatic rings. The highest BCUT2D eigenvalue weighted by atomic mass is 19.1. The van der Waals surface area contributed by atoms with Crippen molar-refractivity contribution in [3.63, 3.8) is 0 Å². The molecule has 1 aliphatic rings. The molecule has 1 amide bonds. The molecule has 0 saturated heterocycles. The van der Waals surface area contributed by atoms with Gasteiger partial charge in [-0.1, -0.05) is 5.16 Å². The normalized spacial score (nSPS) is 14.0. The standard InChI is InChI=1S/C17H18F2N2O2/c1-10-13(11(2)23-20-10)5-6-17(22)21-7-3-4-14-15(19)8-12(18)9-16(14)21/h8-9H,3-7H2,1-2H3. The van der Waals surface area contributed by atoms with Gasteiger partial charge in [-0.25, -0.2) is 8.78 Å². The summed E-state index contributed by atoms with van der Waals surface area (Å²) in [4.78, 5) is 14.0. The largest absolute Gasteiger partial charge is 0.361 e. The molecule has 3 rings (SSSR count). The first kappa shape index (κ1) is 15.6. The van der Waals surface area contributed by atoms with Gasteiger partial charge in [-0.05, 0) is 39.2 Å². The molecular formula is C17H18F2N2O2. The summed E-state index contributed by atoms with van der Waals surface area (Å²) in [7, 11) is 0. The maximum Gasteiger partial charge on any atom is 0.227 e. The number of amides is 1. The van der Waals surface area contributed by atoms with Crippen LogP contribution in [-0.2, 0) is 17.6 Å². The predicted octanol–water partition coefficient (Wildman–Crippen LogP) is 3.48. The maximum atomic E-state index is 13.9. The molecular weight excluding hydrogens is 302 g/mol. The highest BCUT2D eigenvalue weighted by molar-refractivity contribution is 5.94. The van der Waals surface area contributed by atoms with Gasteiger partial charge in [0.1, 0.15) is 17.4 Å². The van der Waals surface area contributed by atoms with Gasteiger partial charge < -0.3 is 9.42 Å². The van der Waals surface area contributed by atoms with E-state index in [-0.39, 0.29) is 12.3 Å². The van der Waals surface area contributed by atoms with Crippen molar-refractivity contribution in [2.24, 2.45) is 0 Å². The summed E-state index contributed by atoms with van der Waals surface area (Å²) in [5.41, 5.74) is 2.47. The molecule has 4 nitrogen and oxygen atoms in total. The molecule has 1 aromatic heterocycles. The number of anilines is 1. The summed E-state index contributed by atoms with van der Waals surface area (Å²) < 4.78 is 32.5. The third-order valence-corrected chi connectivity index (χ3v) is 4.31. The van der Waals surface area contributed by atoms with Crippen molar-refractivity contribution in [2.45, 2.75) is 39.5 Å². The van der Waals surface area contributed by atoms with Crippen LogP contribution in [0.5, 0.6) is 0 Å². The van der Waals surface area contributed by atoms with E-state index < -0.39 is 11.6 Å². The summed E-state index contributed by atoms with van der Waals surface area (Å²) in [6.07, 6.45) is 1.95. The zero-order chi connectivity index (χ0) is 16.6. The molecule has 0 spiro atoms. The molecule has 122 valence electrons. The number of carbonyl (C=O) groups is 1. The first-order valence-corrected chi connectivity index (χ1v) is 7.67. The van der Waals surface area contributed by atoms with Gasteiger partial charge in [0, 0.05) is 30.2 Å². The van der Waals surface area contributed by atoms with Gasteiger partial charge in [0.25, 0.3) is 0 Å². The zero-order valence-corrected chi connectivity index (χ0v) is 13.2. The van der Waals surface area contributed by atoms with E-state index in [4.69, 9.17) is 4.52 Å². The van der Waals surface area contributed by atoms with E-state index in [1.165, 1.54) is 11.0 Å². The Bertz CT molecular complexity index is 736. The van der Waals surface area contributed by atoms with E-state index in [0.717, 1.165) is 17.3 Å². The molecule has 23 heavy (non-hydrogen) atoms. The van der Waals surface area contributed by atoms with Crippen LogP contribution in [0.15, 0.2) is 16.7 Å². The van der Waals surface area contributed by atoms with Gasteiger partial charge in [-0.3, -0.25) is 4.79 Å². The number of carbonyl (C=O) groups excluding carboxylic acids is 1. The van der Waals surface area contributed by atoms with E-state index in [9.17, 15) is 13.6 Å². The summed E-state index contributed by atoms with van der Waals surface area (Å²) in [5, 5.41) is 3.87. The van der Waals surface area contributed by atoms with Crippen molar-refractivity contribution in [1.29, 1.82) is 0 Å². The maximum absolute atomic E-state index is 13.9. The Morgan fingerprint density at radius 3 is 2.83 bits per heavy atom. The summed E-state index contributed by atoms with van der Waals surface area (Å²) in [6.45, 7) is 4.12. The number of fused-ring (bicyclic) bond motifs is 1. The lowest BCUT2D eigenvalue weighted by Crippen LogP contribution is -2.36. The smallest absolute Gasteiger partial charge is 0.227 e. The third-order valence-electron chi connectivity index (χ3n) is 4.31. The fraction of sp³-hybridized carbons (Fsp3) is 0.412. The fourth-order valence-electron chi connectivity index (χ4n) is 3.10. The van der Waals surface area contributed by atoms with Gasteiger partial charge in [-0.15, -0.1) is 0 Å². The first-order valence-electron chi connectivity index (χ1n) is 7.67. The number of nitrogens with zero attached hydrogens (tertiary/aromatic N) is 2. The van der Waals surface area contributed by atoms with E-state index >= 15 is 0 Å². The van der Waals surface area contributed by atoms with E-state index in [2.05, 4.69) is 5.16 Å². The van der Waals surface area contributed by atoms with E-state index in [0.29, 0.717) is 42.8 Å². The minimum Gasteiger partial charge on any atom is -0.361 e. The van der Waals surface area contributed by atoms with Gasteiger partial charge in [0.05, 0.1) is 11.4 Å². The molecule has 0 bridgehead atoms. The second-order valence-corrected chi connectivity index (χ2v) is 5.84. The Hall–Kier alpha value is -2.24. The van der Waals surface area contributed by atoms with Crippen molar-refractivity contribution in [1.82, 2.24) is 5.16 Å². The molecule has 1 aliphatic heterocycles. The van der Waals surface area contributed by atoms with Gasteiger partial charge in [0.15, 0.2) is 0 Å². The summed E-state index contributed by atoms with van der Waals surface area (Å²) in [5.74, 6) is -0.683. The Labute approximate surface area is 133 Å². The van der Waals surface area contributed by atoms with Gasteiger partial charge in [-0.2, -0.15) is 0 Å². The van der Waals surface area contributed by atoms with Crippen LogP contribution >= 0.6 is 0 Å². The number of aromatic nitrogens is 1. The van der Waals surface area contributed by atoms with Crippen LogP contribution in [0, 0.1) is 25.5 Å². The number of hydrogen-bond acceptors (Lipinski definition) is 3. The number of aryl methyl sites for hydroxylation is 2. The quantitative estimate of drug-likeness (QED) is 0.870. The van der Waals surface area contributed by atoms with Crippen molar-refractivity contribution in [3.05, 3.63) is 46.3 Å². The summed E-state index contributed by atoms with van der Waals surface area (Å²) in [6, 6.07) is 2.11.